The number of hydrogen-bond acceptors (Lipinski definition) is 3. The van der Waals surface area contributed by atoms with E-state index in [1.54, 1.807) is 0 Å². The summed E-state index contributed by atoms with van der Waals surface area (Å²) in [5, 5.41) is 3.18. The van der Waals surface area contributed by atoms with Crippen LogP contribution in [0.3, 0.4) is 0 Å². The van der Waals surface area contributed by atoms with Gasteiger partial charge in [-0.2, -0.15) is 0 Å². The minimum Gasteiger partial charge on any atom is -0.351 e. The van der Waals surface area contributed by atoms with Crippen molar-refractivity contribution < 1.29 is 4.79 Å². The van der Waals surface area contributed by atoms with Crippen LogP contribution < -0.4 is 5.32 Å². The zero-order valence-electron chi connectivity index (χ0n) is 17.6. The molecule has 5 nitrogen and oxygen atoms in total. The van der Waals surface area contributed by atoms with E-state index < -0.39 is 0 Å². The van der Waals surface area contributed by atoms with Gasteiger partial charge < -0.3 is 14.8 Å². The number of likely N-dealkylation sites (tertiary alicyclic amines) is 1. The predicted molar refractivity (Wildman–Crippen MR) is 117 cm³/mol. The summed E-state index contributed by atoms with van der Waals surface area (Å²) in [7, 11) is 2.19. The van der Waals surface area contributed by atoms with Crippen molar-refractivity contribution in [3.63, 3.8) is 0 Å². The zero-order chi connectivity index (χ0) is 20.1. The quantitative estimate of drug-likeness (QED) is 0.817. The molecule has 3 heterocycles. The topological polar surface area (TPSA) is 40.5 Å². The van der Waals surface area contributed by atoms with Gasteiger partial charge in [0.15, 0.2) is 0 Å². The molecular weight excluding hydrogens is 360 g/mol. The molecule has 1 aromatic heterocycles. The smallest absolute Gasteiger partial charge is 0.267 e. The molecule has 0 spiro atoms. The SMILES string of the molecule is CN1CCC(CCNC(=O)c2ccc3n2CCCN(Cc2ccccc2)C3)CC1. The molecule has 156 valence electrons. The standard InChI is InChI=1S/C24H34N4O/c1-26-16-11-20(12-17-26)10-13-25-24(29)23-9-8-22-19-27(14-5-15-28(22)23)18-21-6-3-2-4-7-21/h2-4,6-9,20H,5,10-19H2,1H3,(H,25,29). The van der Waals surface area contributed by atoms with Crippen molar-refractivity contribution in [3.05, 3.63) is 59.4 Å². The van der Waals surface area contributed by atoms with E-state index >= 15 is 0 Å². The van der Waals surface area contributed by atoms with Crippen LogP contribution in [0.2, 0.25) is 0 Å². The van der Waals surface area contributed by atoms with Crippen LogP contribution in [0.4, 0.5) is 0 Å². The molecule has 4 rings (SSSR count). The Morgan fingerprint density at radius 3 is 2.62 bits per heavy atom. The number of amides is 1. The second-order valence-corrected chi connectivity index (χ2v) is 8.70. The Morgan fingerprint density at radius 2 is 1.83 bits per heavy atom. The van der Waals surface area contributed by atoms with Crippen molar-refractivity contribution in [2.75, 3.05) is 33.2 Å². The zero-order valence-corrected chi connectivity index (χ0v) is 17.6. The van der Waals surface area contributed by atoms with Crippen molar-refractivity contribution in [3.8, 4) is 0 Å². The van der Waals surface area contributed by atoms with Crippen molar-refractivity contribution >= 4 is 5.91 Å². The Bertz CT molecular complexity index is 792. The fourth-order valence-electron chi connectivity index (χ4n) is 4.68. The molecule has 29 heavy (non-hydrogen) atoms. The van der Waals surface area contributed by atoms with Crippen LogP contribution in [0.1, 0.15) is 47.4 Å². The Kier molecular flexibility index (Phi) is 6.67. The first-order chi connectivity index (χ1) is 14.2. The van der Waals surface area contributed by atoms with Crippen LogP contribution in [0.25, 0.3) is 0 Å². The predicted octanol–water partition coefficient (Wildman–Crippen LogP) is 3.36. The Hall–Kier alpha value is -2.11. The average Bonchev–Trinajstić information content (AvgIpc) is 3.02. The summed E-state index contributed by atoms with van der Waals surface area (Å²) in [4.78, 5) is 17.7. The Morgan fingerprint density at radius 1 is 1.03 bits per heavy atom. The minimum atomic E-state index is 0.0840. The van der Waals surface area contributed by atoms with Gasteiger partial charge >= 0.3 is 0 Å². The largest absolute Gasteiger partial charge is 0.351 e. The van der Waals surface area contributed by atoms with E-state index in [2.05, 4.69) is 63.1 Å². The van der Waals surface area contributed by atoms with Gasteiger partial charge in [0, 0.05) is 38.4 Å². The van der Waals surface area contributed by atoms with Crippen molar-refractivity contribution in [2.24, 2.45) is 5.92 Å². The number of nitrogens with one attached hydrogen (secondary N) is 1. The third kappa shape index (κ3) is 5.28. The lowest BCUT2D eigenvalue weighted by Gasteiger charge is -2.28. The number of piperidine rings is 1. The molecule has 2 aliphatic heterocycles. The normalized spacial score (nSPS) is 18.9. The molecule has 2 aliphatic rings. The highest BCUT2D eigenvalue weighted by atomic mass is 16.1. The second kappa shape index (κ2) is 9.59. The van der Waals surface area contributed by atoms with Crippen LogP contribution >= 0.6 is 0 Å². The molecule has 1 N–H and O–H groups in total. The molecule has 5 heteroatoms. The maximum atomic E-state index is 12.8. The summed E-state index contributed by atoms with van der Waals surface area (Å²) in [6.45, 7) is 7.00. The molecule has 0 aliphatic carbocycles. The molecule has 0 atom stereocenters. The van der Waals surface area contributed by atoms with Gasteiger partial charge in [0.2, 0.25) is 0 Å². The van der Waals surface area contributed by atoms with Gasteiger partial charge in [0.05, 0.1) is 0 Å². The van der Waals surface area contributed by atoms with E-state index in [4.69, 9.17) is 0 Å². The number of benzene rings is 1. The highest BCUT2D eigenvalue weighted by Crippen LogP contribution is 2.20. The van der Waals surface area contributed by atoms with Crippen molar-refractivity contribution in [2.45, 2.75) is 45.3 Å². The van der Waals surface area contributed by atoms with Gasteiger partial charge in [-0.1, -0.05) is 30.3 Å². The molecule has 1 fully saturated rings. The maximum absolute atomic E-state index is 12.8. The number of rotatable bonds is 6. The van der Waals surface area contributed by atoms with Gasteiger partial charge in [0.1, 0.15) is 5.69 Å². The molecule has 1 amide bonds. The van der Waals surface area contributed by atoms with Crippen LogP contribution in [-0.4, -0.2) is 53.5 Å². The monoisotopic (exact) mass is 394 g/mol. The first kappa shape index (κ1) is 20.2. The molecule has 2 aromatic rings. The summed E-state index contributed by atoms with van der Waals surface area (Å²) < 4.78 is 2.23. The first-order valence-electron chi connectivity index (χ1n) is 11.1. The molecule has 1 saturated heterocycles. The van der Waals surface area contributed by atoms with Crippen LogP contribution in [0.15, 0.2) is 42.5 Å². The Balaban J connectivity index is 1.31. The van der Waals surface area contributed by atoms with Gasteiger partial charge in [0.25, 0.3) is 5.91 Å². The number of carbonyl (C=O) groups is 1. The number of hydrogen-bond donors (Lipinski definition) is 1. The highest BCUT2D eigenvalue weighted by molar-refractivity contribution is 5.92. The molecule has 0 saturated carbocycles. The maximum Gasteiger partial charge on any atom is 0.267 e. The molecule has 0 radical (unpaired) electrons. The molecular formula is C24H34N4O. The lowest BCUT2D eigenvalue weighted by Crippen LogP contribution is -2.33. The van der Waals surface area contributed by atoms with E-state index in [-0.39, 0.29) is 5.91 Å². The summed E-state index contributed by atoms with van der Waals surface area (Å²) in [6.07, 6.45) is 4.68. The number of fused-ring (bicyclic) bond motifs is 1. The fraction of sp³-hybridized carbons (Fsp3) is 0.542. The highest BCUT2D eigenvalue weighted by Gasteiger charge is 2.21. The second-order valence-electron chi connectivity index (χ2n) is 8.70. The summed E-state index contributed by atoms with van der Waals surface area (Å²) in [6, 6.07) is 14.8. The van der Waals surface area contributed by atoms with E-state index in [1.165, 1.54) is 37.2 Å². The van der Waals surface area contributed by atoms with Gasteiger partial charge in [-0.25, -0.2) is 0 Å². The fourth-order valence-corrected chi connectivity index (χ4v) is 4.68. The lowest BCUT2D eigenvalue weighted by atomic mass is 9.94. The number of aromatic nitrogens is 1. The summed E-state index contributed by atoms with van der Waals surface area (Å²) >= 11 is 0. The van der Waals surface area contributed by atoms with E-state index in [1.807, 2.05) is 6.07 Å². The third-order valence-electron chi connectivity index (χ3n) is 6.47. The van der Waals surface area contributed by atoms with E-state index in [0.29, 0.717) is 0 Å². The van der Waals surface area contributed by atoms with E-state index in [9.17, 15) is 4.79 Å². The first-order valence-corrected chi connectivity index (χ1v) is 11.1. The van der Waals surface area contributed by atoms with Crippen molar-refractivity contribution in [1.29, 1.82) is 0 Å². The van der Waals surface area contributed by atoms with Crippen LogP contribution in [0, 0.1) is 5.92 Å². The van der Waals surface area contributed by atoms with Gasteiger partial charge in [-0.3, -0.25) is 9.69 Å². The van der Waals surface area contributed by atoms with Crippen LogP contribution in [-0.2, 0) is 19.6 Å². The van der Waals surface area contributed by atoms with Crippen molar-refractivity contribution in [1.82, 2.24) is 19.7 Å². The Labute approximate surface area is 174 Å². The average molecular weight is 395 g/mol. The lowest BCUT2D eigenvalue weighted by molar-refractivity contribution is 0.0939. The summed E-state index contributed by atoms with van der Waals surface area (Å²) in [5.41, 5.74) is 3.42. The van der Waals surface area contributed by atoms with Crippen LogP contribution in [0.5, 0.6) is 0 Å². The molecule has 0 unspecified atom stereocenters. The third-order valence-corrected chi connectivity index (χ3v) is 6.47. The number of carbonyl (C=O) groups excluding carboxylic acids is 1. The van der Waals surface area contributed by atoms with E-state index in [0.717, 1.165) is 57.2 Å². The molecule has 0 bridgehead atoms. The van der Waals surface area contributed by atoms with Gasteiger partial charge in [-0.05, 0) is 69.4 Å². The molecule has 1 aromatic carbocycles. The minimum absolute atomic E-state index is 0.0840. The van der Waals surface area contributed by atoms with Gasteiger partial charge in [-0.15, -0.1) is 0 Å². The number of nitrogens with zero attached hydrogens (tertiary/aromatic N) is 3. The summed E-state index contributed by atoms with van der Waals surface area (Å²) in [5.74, 6) is 0.836.